The van der Waals surface area contributed by atoms with Crippen molar-refractivity contribution in [1.29, 1.82) is 0 Å². The summed E-state index contributed by atoms with van der Waals surface area (Å²) >= 11 is 0. The molecule has 0 spiro atoms. The summed E-state index contributed by atoms with van der Waals surface area (Å²) in [6.45, 7) is -0.275. The minimum absolute atomic E-state index is 0.0396. The average Bonchev–Trinajstić information content (AvgIpc) is 3.32. The Morgan fingerprint density at radius 1 is 1.13 bits per heavy atom. The van der Waals surface area contributed by atoms with Gasteiger partial charge >= 0.3 is 0 Å². The number of aliphatic hydroxyl groups is 2. The van der Waals surface area contributed by atoms with Gasteiger partial charge in [-0.1, -0.05) is 0 Å². The SMILES string of the molecule is NC(=O)Cc1cnc2ccc(-c3c(-c4ccc(F)cc4)ncn3C[C@H](O)CO)cn12. The molecule has 154 valence electrons. The zero-order valence-electron chi connectivity index (χ0n) is 15.9. The molecule has 1 aromatic carbocycles. The molecule has 3 aromatic heterocycles. The van der Waals surface area contributed by atoms with Gasteiger partial charge in [-0.3, -0.25) is 4.79 Å². The lowest BCUT2D eigenvalue weighted by molar-refractivity contribution is -0.117. The second-order valence-electron chi connectivity index (χ2n) is 6.98. The molecule has 8 nitrogen and oxygen atoms in total. The lowest BCUT2D eigenvalue weighted by Gasteiger charge is -2.14. The smallest absolute Gasteiger partial charge is 0.223 e. The maximum Gasteiger partial charge on any atom is 0.223 e. The first kappa shape index (κ1) is 19.7. The van der Waals surface area contributed by atoms with Crippen LogP contribution in [0.1, 0.15) is 5.69 Å². The van der Waals surface area contributed by atoms with Gasteiger partial charge in [0.2, 0.25) is 5.91 Å². The van der Waals surface area contributed by atoms with Gasteiger partial charge < -0.3 is 24.9 Å². The van der Waals surface area contributed by atoms with Crippen molar-refractivity contribution in [2.75, 3.05) is 6.61 Å². The van der Waals surface area contributed by atoms with Gasteiger partial charge in [0.1, 0.15) is 11.5 Å². The predicted molar refractivity (Wildman–Crippen MR) is 108 cm³/mol. The monoisotopic (exact) mass is 409 g/mol. The molecule has 0 unspecified atom stereocenters. The highest BCUT2D eigenvalue weighted by Gasteiger charge is 2.18. The number of amides is 1. The first-order valence-corrected chi connectivity index (χ1v) is 9.31. The number of pyridine rings is 1. The van der Waals surface area contributed by atoms with Gasteiger partial charge in [-0.15, -0.1) is 0 Å². The van der Waals surface area contributed by atoms with E-state index in [0.29, 0.717) is 28.3 Å². The summed E-state index contributed by atoms with van der Waals surface area (Å²) in [5, 5.41) is 19.2. The van der Waals surface area contributed by atoms with Crippen molar-refractivity contribution in [2.45, 2.75) is 19.1 Å². The number of primary amides is 1. The summed E-state index contributed by atoms with van der Waals surface area (Å²) in [4.78, 5) is 20.1. The molecular formula is C21H20FN5O3. The number of hydrogen-bond donors (Lipinski definition) is 3. The van der Waals surface area contributed by atoms with Crippen molar-refractivity contribution in [3.05, 3.63) is 66.6 Å². The van der Waals surface area contributed by atoms with Crippen LogP contribution in [-0.4, -0.2) is 47.8 Å². The van der Waals surface area contributed by atoms with Gasteiger partial charge in [-0.2, -0.15) is 0 Å². The normalized spacial score (nSPS) is 12.4. The Morgan fingerprint density at radius 3 is 2.57 bits per heavy atom. The van der Waals surface area contributed by atoms with E-state index in [0.717, 1.165) is 5.56 Å². The summed E-state index contributed by atoms with van der Waals surface area (Å²) in [6, 6.07) is 9.61. The predicted octanol–water partition coefficient (Wildman–Crippen LogP) is 1.38. The fourth-order valence-electron chi connectivity index (χ4n) is 3.41. The van der Waals surface area contributed by atoms with Gasteiger partial charge in [-0.25, -0.2) is 14.4 Å². The first-order chi connectivity index (χ1) is 14.5. The van der Waals surface area contributed by atoms with Crippen LogP contribution in [-0.2, 0) is 17.8 Å². The number of benzene rings is 1. The van der Waals surface area contributed by atoms with E-state index >= 15 is 0 Å². The molecule has 1 amide bonds. The van der Waals surface area contributed by atoms with Crippen LogP contribution >= 0.6 is 0 Å². The second-order valence-corrected chi connectivity index (χ2v) is 6.98. The van der Waals surface area contributed by atoms with Crippen LogP contribution in [0.25, 0.3) is 28.2 Å². The molecule has 4 N–H and O–H groups in total. The molecule has 0 aliphatic heterocycles. The number of nitrogens with two attached hydrogens (primary N) is 1. The van der Waals surface area contributed by atoms with E-state index in [2.05, 4.69) is 9.97 Å². The number of rotatable bonds is 7. The van der Waals surface area contributed by atoms with Gasteiger partial charge in [0.15, 0.2) is 0 Å². The quantitative estimate of drug-likeness (QED) is 0.426. The van der Waals surface area contributed by atoms with Crippen LogP contribution in [0.15, 0.2) is 55.1 Å². The molecular weight excluding hydrogens is 389 g/mol. The Morgan fingerprint density at radius 2 is 1.87 bits per heavy atom. The maximum atomic E-state index is 13.4. The average molecular weight is 409 g/mol. The highest BCUT2D eigenvalue weighted by molar-refractivity contribution is 5.79. The van der Waals surface area contributed by atoms with Crippen LogP contribution < -0.4 is 5.73 Å². The molecule has 4 aromatic rings. The highest BCUT2D eigenvalue weighted by atomic mass is 19.1. The van der Waals surface area contributed by atoms with Gasteiger partial charge in [0.05, 0.1) is 49.1 Å². The van der Waals surface area contributed by atoms with Gasteiger partial charge in [0, 0.05) is 23.5 Å². The Kier molecular flexibility index (Phi) is 5.30. The summed E-state index contributed by atoms with van der Waals surface area (Å²) in [5.41, 5.74) is 9.35. The number of carbonyl (C=O) groups excluding carboxylic acids is 1. The Balaban J connectivity index is 1.88. The Bertz CT molecular complexity index is 1200. The Labute approximate surface area is 171 Å². The maximum absolute atomic E-state index is 13.4. The number of fused-ring (bicyclic) bond motifs is 1. The molecule has 1 atom stereocenters. The summed E-state index contributed by atoms with van der Waals surface area (Å²) in [5.74, 6) is -0.823. The van der Waals surface area contributed by atoms with E-state index in [-0.39, 0.29) is 18.8 Å². The molecule has 4 rings (SSSR count). The topological polar surface area (TPSA) is 119 Å². The summed E-state index contributed by atoms with van der Waals surface area (Å²) in [6.07, 6.45) is 4.04. The highest BCUT2D eigenvalue weighted by Crippen LogP contribution is 2.32. The minimum Gasteiger partial charge on any atom is -0.394 e. The number of nitrogens with zero attached hydrogens (tertiary/aromatic N) is 4. The fraction of sp³-hybridized carbons (Fsp3) is 0.190. The fourth-order valence-corrected chi connectivity index (χ4v) is 3.41. The minimum atomic E-state index is -0.971. The van der Waals surface area contributed by atoms with Crippen molar-refractivity contribution in [2.24, 2.45) is 5.73 Å². The number of aromatic nitrogens is 4. The molecule has 3 heterocycles. The standard InChI is InChI=1S/C21H20FN5O3/c22-15-4-1-13(2-5-15)20-21(26(12-25-20)10-17(29)11-28)14-3-6-19-24-8-16(7-18(23)30)27(19)9-14/h1-6,8-9,12,17,28-29H,7,10-11H2,(H2,23,30)/t17-/m0/s1. The first-order valence-electron chi connectivity index (χ1n) is 9.31. The van der Waals surface area contributed by atoms with Crippen molar-refractivity contribution in [3.63, 3.8) is 0 Å². The molecule has 0 bridgehead atoms. The Hall–Kier alpha value is -3.56. The number of carbonyl (C=O) groups is 1. The van der Waals surface area contributed by atoms with E-state index < -0.39 is 18.6 Å². The van der Waals surface area contributed by atoms with E-state index in [4.69, 9.17) is 5.73 Å². The van der Waals surface area contributed by atoms with Gasteiger partial charge in [0.25, 0.3) is 0 Å². The second kappa shape index (κ2) is 8.05. The third kappa shape index (κ3) is 3.80. The lowest BCUT2D eigenvalue weighted by atomic mass is 10.1. The molecule has 0 aliphatic rings. The van der Waals surface area contributed by atoms with Crippen molar-refractivity contribution >= 4 is 11.6 Å². The number of aliphatic hydroxyl groups excluding tert-OH is 2. The molecule has 30 heavy (non-hydrogen) atoms. The molecule has 0 aliphatic carbocycles. The molecule has 0 fully saturated rings. The van der Waals surface area contributed by atoms with E-state index in [1.54, 1.807) is 39.7 Å². The molecule has 0 saturated heterocycles. The lowest BCUT2D eigenvalue weighted by Crippen LogP contribution is -2.20. The third-order valence-electron chi connectivity index (χ3n) is 4.78. The number of halogens is 1. The third-order valence-corrected chi connectivity index (χ3v) is 4.78. The number of imidazole rings is 2. The van der Waals surface area contributed by atoms with Crippen molar-refractivity contribution in [1.82, 2.24) is 18.9 Å². The zero-order valence-corrected chi connectivity index (χ0v) is 15.9. The van der Waals surface area contributed by atoms with Gasteiger partial charge in [-0.05, 0) is 36.4 Å². The molecule has 9 heteroatoms. The van der Waals surface area contributed by atoms with E-state index in [1.807, 2.05) is 12.3 Å². The van der Waals surface area contributed by atoms with Crippen LogP contribution in [0.3, 0.4) is 0 Å². The zero-order chi connectivity index (χ0) is 21.3. The van der Waals surface area contributed by atoms with E-state index in [9.17, 15) is 19.4 Å². The summed E-state index contributed by atoms with van der Waals surface area (Å²) < 4.78 is 16.9. The number of hydrogen-bond acceptors (Lipinski definition) is 5. The van der Waals surface area contributed by atoms with Crippen LogP contribution in [0.2, 0.25) is 0 Å². The van der Waals surface area contributed by atoms with Crippen LogP contribution in [0, 0.1) is 5.82 Å². The van der Waals surface area contributed by atoms with Crippen LogP contribution in [0.4, 0.5) is 4.39 Å². The summed E-state index contributed by atoms with van der Waals surface area (Å²) in [7, 11) is 0. The molecule has 0 radical (unpaired) electrons. The largest absolute Gasteiger partial charge is 0.394 e. The van der Waals surface area contributed by atoms with Crippen molar-refractivity contribution in [3.8, 4) is 22.5 Å². The van der Waals surface area contributed by atoms with Crippen LogP contribution in [0.5, 0.6) is 0 Å². The van der Waals surface area contributed by atoms with E-state index in [1.165, 1.54) is 12.1 Å². The van der Waals surface area contributed by atoms with Crippen molar-refractivity contribution < 1.29 is 19.4 Å². The molecule has 0 saturated carbocycles.